The van der Waals surface area contributed by atoms with Gasteiger partial charge in [0.1, 0.15) is 5.82 Å². The summed E-state index contributed by atoms with van der Waals surface area (Å²) in [6, 6.07) is 15.5. The van der Waals surface area contributed by atoms with E-state index in [9.17, 15) is 22.0 Å². The Morgan fingerprint density at radius 2 is 1.74 bits per heavy atom. The summed E-state index contributed by atoms with van der Waals surface area (Å²) in [6.07, 6.45) is 2.70. The highest BCUT2D eigenvalue weighted by Crippen LogP contribution is 2.38. The fourth-order valence-corrected chi connectivity index (χ4v) is 7.96. The van der Waals surface area contributed by atoms with Gasteiger partial charge in [0.15, 0.2) is 11.6 Å². The Bertz CT molecular complexity index is 1550. The summed E-state index contributed by atoms with van der Waals surface area (Å²) in [5.74, 6) is -3.01. The van der Waals surface area contributed by atoms with Gasteiger partial charge >= 0.3 is 0 Å². The highest BCUT2D eigenvalue weighted by molar-refractivity contribution is 7.89. The van der Waals surface area contributed by atoms with Crippen LogP contribution in [0.1, 0.15) is 37.3 Å². The number of anilines is 1. The number of halogens is 3. The molecular formula is C32H35F3N3O4S. The molecule has 3 aromatic carbocycles. The lowest BCUT2D eigenvalue weighted by Gasteiger charge is -2.40. The molecule has 0 unspecified atom stereocenters. The third-order valence-electron chi connectivity index (χ3n) is 8.32. The van der Waals surface area contributed by atoms with Crippen molar-refractivity contribution in [2.24, 2.45) is 0 Å². The first-order valence-corrected chi connectivity index (χ1v) is 15.8. The molecule has 0 spiro atoms. The Labute approximate surface area is 250 Å². The monoisotopic (exact) mass is 614 g/mol. The fourth-order valence-electron chi connectivity index (χ4n) is 6.09. The van der Waals surface area contributed by atoms with Crippen LogP contribution >= 0.6 is 0 Å². The van der Waals surface area contributed by atoms with Crippen molar-refractivity contribution in [2.75, 3.05) is 31.6 Å². The number of ether oxygens (including phenoxy) is 1. The molecule has 3 aromatic rings. The van der Waals surface area contributed by atoms with Gasteiger partial charge in [-0.15, -0.1) is 0 Å². The molecule has 0 bridgehead atoms. The zero-order valence-electron chi connectivity index (χ0n) is 23.9. The fraction of sp³-hybridized carbons (Fsp3) is 0.375. The summed E-state index contributed by atoms with van der Waals surface area (Å²) < 4.78 is 77.1. The van der Waals surface area contributed by atoms with Gasteiger partial charge in [-0.3, -0.25) is 4.79 Å². The Kier molecular flexibility index (Phi) is 9.55. The number of hydrogen-bond acceptors (Lipinski definition) is 5. The maximum absolute atomic E-state index is 15.2. The summed E-state index contributed by atoms with van der Waals surface area (Å²) in [5.41, 5.74) is 0.0972. The zero-order chi connectivity index (χ0) is 30.6. The number of benzene rings is 3. The number of piperazine rings is 1. The molecule has 43 heavy (non-hydrogen) atoms. The quantitative estimate of drug-likeness (QED) is 0.355. The number of hydrogen-bond donors (Lipinski definition) is 2. The van der Waals surface area contributed by atoms with Crippen LogP contribution in [-0.2, 0) is 31.4 Å². The van der Waals surface area contributed by atoms with Crippen LogP contribution in [0.2, 0.25) is 0 Å². The van der Waals surface area contributed by atoms with Crippen molar-refractivity contribution in [3.8, 4) is 0 Å². The molecular weight excluding hydrogens is 579 g/mol. The molecule has 2 atom stereocenters. The van der Waals surface area contributed by atoms with Crippen molar-refractivity contribution >= 4 is 21.6 Å². The van der Waals surface area contributed by atoms with Crippen LogP contribution < -0.4 is 10.6 Å². The Balaban J connectivity index is 1.34. The first kappa shape index (κ1) is 31.2. The number of nitrogens with zero attached hydrogens (tertiary/aromatic N) is 1. The predicted octanol–water partition coefficient (Wildman–Crippen LogP) is 4.98. The van der Waals surface area contributed by atoms with Gasteiger partial charge in [-0.05, 0) is 74.6 Å². The molecule has 0 aromatic heterocycles. The van der Waals surface area contributed by atoms with Gasteiger partial charge in [-0.2, -0.15) is 4.31 Å². The summed E-state index contributed by atoms with van der Waals surface area (Å²) in [4.78, 5) is 13.6. The number of carbonyl (C=O) groups excluding carboxylic acids is 1. The van der Waals surface area contributed by atoms with Gasteiger partial charge in [-0.25, -0.2) is 21.6 Å². The number of amides is 1. The van der Waals surface area contributed by atoms with Crippen molar-refractivity contribution in [1.82, 2.24) is 9.62 Å². The van der Waals surface area contributed by atoms with Crippen LogP contribution in [-0.4, -0.2) is 57.0 Å². The molecule has 7 nitrogen and oxygen atoms in total. The minimum Gasteiger partial charge on any atom is -0.381 e. The highest BCUT2D eigenvalue weighted by Gasteiger charge is 2.39. The molecule has 229 valence electrons. The van der Waals surface area contributed by atoms with Crippen molar-refractivity contribution in [1.29, 1.82) is 0 Å². The predicted molar refractivity (Wildman–Crippen MR) is 157 cm³/mol. The lowest BCUT2D eigenvalue weighted by Crippen LogP contribution is -2.58. The lowest BCUT2D eigenvalue weighted by molar-refractivity contribution is -0.114. The Morgan fingerprint density at radius 3 is 2.47 bits per heavy atom. The summed E-state index contributed by atoms with van der Waals surface area (Å²) >= 11 is 0. The SMILES string of the molecule is C[C@H]1CNC[C@H](CCc2c(F)cccc2NC(=O)[CH]C2(c3ccc(F)c(F)c3)CCOCC2)N1S(=O)(=O)c1ccccc1. The highest BCUT2D eigenvalue weighted by atomic mass is 32.2. The van der Waals surface area contributed by atoms with Crippen LogP contribution in [0.5, 0.6) is 0 Å². The van der Waals surface area contributed by atoms with Crippen LogP contribution in [0.4, 0.5) is 18.9 Å². The summed E-state index contributed by atoms with van der Waals surface area (Å²) in [6.45, 7) is 3.40. The van der Waals surface area contributed by atoms with E-state index in [1.807, 2.05) is 6.92 Å². The van der Waals surface area contributed by atoms with Gasteiger partial charge in [0, 0.05) is 55.1 Å². The number of rotatable bonds is 9. The molecule has 5 rings (SSSR count). The number of sulfonamides is 1. The standard InChI is InChI=1S/C32H35F3N3O4S/c1-22-20-36-21-24(38(22)43(40,41)25-6-3-2-4-7-25)11-12-26-27(33)8-5-9-30(26)37-31(39)19-32(14-16-42-17-15-32)23-10-13-28(34)29(35)18-23/h2-10,13,18-19,22,24,36H,11-12,14-17,20-21H2,1H3,(H,37,39)/t22-,24-/m0/s1. The zero-order valence-corrected chi connectivity index (χ0v) is 24.7. The van der Waals surface area contributed by atoms with Crippen LogP contribution in [0.25, 0.3) is 0 Å². The van der Waals surface area contributed by atoms with E-state index in [2.05, 4.69) is 10.6 Å². The molecule has 0 aliphatic carbocycles. The van der Waals surface area contributed by atoms with E-state index in [0.717, 1.165) is 12.1 Å². The van der Waals surface area contributed by atoms with Crippen LogP contribution in [0.3, 0.4) is 0 Å². The smallest absolute Gasteiger partial charge is 0.243 e. The van der Waals surface area contributed by atoms with E-state index in [4.69, 9.17) is 4.74 Å². The molecule has 1 amide bonds. The molecule has 0 saturated carbocycles. The maximum atomic E-state index is 15.2. The van der Waals surface area contributed by atoms with Gasteiger partial charge in [0.25, 0.3) is 0 Å². The average molecular weight is 615 g/mol. The van der Waals surface area contributed by atoms with E-state index in [0.29, 0.717) is 51.1 Å². The third-order valence-corrected chi connectivity index (χ3v) is 10.4. The van der Waals surface area contributed by atoms with Gasteiger partial charge in [-0.1, -0.05) is 30.3 Å². The number of carbonyl (C=O) groups is 1. The first-order chi connectivity index (χ1) is 20.6. The second-order valence-corrected chi connectivity index (χ2v) is 13.0. The van der Waals surface area contributed by atoms with Crippen molar-refractivity contribution < 1.29 is 31.1 Å². The van der Waals surface area contributed by atoms with Gasteiger partial charge in [0.2, 0.25) is 15.9 Å². The summed E-state index contributed by atoms with van der Waals surface area (Å²) in [5, 5.41) is 6.07. The van der Waals surface area contributed by atoms with Crippen molar-refractivity contribution in [3.63, 3.8) is 0 Å². The normalized spacial score (nSPS) is 20.9. The van der Waals surface area contributed by atoms with E-state index in [1.165, 1.54) is 28.9 Å². The third kappa shape index (κ3) is 6.80. The molecule has 2 N–H and O–H groups in total. The molecule has 2 fully saturated rings. The molecule has 2 saturated heterocycles. The second-order valence-electron chi connectivity index (χ2n) is 11.1. The maximum Gasteiger partial charge on any atom is 0.243 e. The average Bonchev–Trinajstić information content (AvgIpc) is 2.99. The topological polar surface area (TPSA) is 87.7 Å². The minimum atomic E-state index is -3.79. The molecule has 2 aliphatic heterocycles. The van der Waals surface area contributed by atoms with Gasteiger partial charge < -0.3 is 15.4 Å². The van der Waals surface area contributed by atoms with Crippen molar-refractivity contribution in [3.05, 3.63) is 102 Å². The Hall–Kier alpha value is -3.25. The van der Waals surface area contributed by atoms with Crippen LogP contribution in [0.15, 0.2) is 71.6 Å². The van der Waals surface area contributed by atoms with Crippen molar-refractivity contribution in [2.45, 2.75) is 55.0 Å². The van der Waals surface area contributed by atoms with E-state index in [1.54, 1.807) is 36.4 Å². The second kappa shape index (κ2) is 13.2. The molecule has 2 heterocycles. The van der Waals surface area contributed by atoms with E-state index < -0.39 is 44.8 Å². The first-order valence-electron chi connectivity index (χ1n) is 14.4. The minimum absolute atomic E-state index is 0.171. The lowest BCUT2D eigenvalue weighted by atomic mass is 9.71. The largest absolute Gasteiger partial charge is 0.381 e. The molecule has 11 heteroatoms. The van der Waals surface area contributed by atoms with Gasteiger partial charge in [0.05, 0.1) is 11.3 Å². The van der Waals surface area contributed by atoms with Crippen LogP contribution in [0, 0.1) is 23.9 Å². The van der Waals surface area contributed by atoms with E-state index in [-0.39, 0.29) is 28.6 Å². The Morgan fingerprint density at radius 1 is 1.00 bits per heavy atom. The molecule has 1 radical (unpaired) electrons. The van der Waals surface area contributed by atoms with E-state index >= 15 is 4.39 Å². The number of nitrogens with one attached hydrogen (secondary N) is 2. The molecule has 2 aliphatic rings. The summed E-state index contributed by atoms with van der Waals surface area (Å²) in [7, 11) is -3.79.